The zero-order valence-corrected chi connectivity index (χ0v) is 14.0. The fourth-order valence-corrected chi connectivity index (χ4v) is 2.86. The molecule has 1 amide bonds. The van der Waals surface area contributed by atoms with Crippen molar-refractivity contribution in [3.8, 4) is 0 Å². The van der Waals surface area contributed by atoms with Gasteiger partial charge >= 0.3 is 6.18 Å². The fourth-order valence-electron chi connectivity index (χ4n) is 2.86. The third-order valence-electron chi connectivity index (χ3n) is 4.42. The smallest absolute Gasteiger partial charge is 0.335 e. The summed E-state index contributed by atoms with van der Waals surface area (Å²) in [7, 11) is 0. The van der Waals surface area contributed by atoms with Gasteiger partial charge in [-0.3, -0.25) is 4.79 Å². The van der Waals surface area contributed by atoms with E-state index in [2.05, 4.69) is 4.98 Å². The first-order valence-electron chi connectivity index (χ1n) is 8.34. The Morgan fingerprint density at radius 1 is 1.32 bits per heavy atom. The van der Waals surface area contributed by atoms with E-state index in [0.717, 1.165) is 18.9 Å². The third-order valence-corrected chi connectivity index (χ3v) is 4.42. The normalized spacial score (nSPS) is 14.6. The molecular formula is C18H20F3N3O. The Bertz CT molecular complexity index is 750. The van der Waals surface area contributed by atoms with Gasteiger partial charge in [-0.15, -0.1) is 0 Å². The molecule has 4 nitrogen and oxygen atoms in total. The van der Waals surface area contributed by atoms with Crippen LogP contribution in [-0.4, -0.2) is 26.9 Å². The molecule has 0 aliphatic heterocycles. The van der Waals surface area contributed by atoms with E-state index < -0.39 is 11.7 Å². The number of hydrogen-bond acceptors (Lipinski definition) is 2. The number of alkyl halides is 3. The maximum absolute atomic E-state index is 13.2. The Morgan fingerprint density at radius 2 is 2.04 bits per heavy atom. The highest BCUT2D eigenvalue weighted by atomic mass is 19.4. The van der Waals surface area contributed by atoms with Gasteiger partial charge in [0.1, 0.15) is 5.82 Å². The molecule has 0 N–H and O–H groups in total. The zero-order chi connectivity index (χ0) is 18.0. The second-order valence-electron chi connectivity index (χ2n) is 6.25. The molecule has 1 saturated carbocycles. The van der Waals surface area contributed by atoms with Crippen LogP contribution in [0.2, 0.25) is 0 Å². The predicted molar refractivity (Wildman–Crippen MR) is 86.6 cm³/mol. The van der Waals surface area contributed by atoms with E-state index in [1.54, 1.807) is 27.9 Å². The Morgan fingerprint density at radius 3 is 2.68 bits per heavy atom. The van der Waals surface area contributed by atoms with E-state index in [-0.39, 0.29) is 23.9 Å². The minimum absolute atomic E-state index is 0.0696. The van der Waals surface area contributed by atoms with E-state index in [4.69, 9.17) is 0 Å². The average molecular weight is 351 g/mol. The molecule has 0 radical (unpaired) electrons. The standard InChI is InChI=1S/C18H20F3N3O/c1-2-23(17(25)13-7-8-13)12-16-22-9-10-24(16)11-14-5-3-4-6-15(14)18(19,20)21/h3-6,9-10,13H,2,7-8,11-12H2,1H3. The Labute approximate surface area is 144 Å². The summed E-state index contributed by atoms with van der Waals surface area (Å²) < 4.78 is 41.2. The molecule has 25 heavy (non-hydrogen) atoms. The summed E-state index contributed by atoms with van der Waals surface area (Å²) >= 11 is 0. The molecule has 7 heteroatoms. The van der Waals surface area contributed by atoms with Crippen LogP contribution in [0.4, 0.5) is 13.2 Å². The summed E-state index contributed by atoms with van der Waals surface area (Å²) in [5, 5.41) is 0. The molecule has 1 aromatic carbocycles. The number of carbonyl (C=O) groups is 1. The van der Waals surface area contributed by atoms with Crippen molar-refractivity contribution in [2.24, 2.45) is 5.92 Å². The van der Waals surface area contributed by atoms with Gasteiger partial charge in [-0.25, -0.2) is 4.98 Å². The fraction of sp³-hybridized carbons (Fsp3) is 0.444. The first kappa shape index (κ1) is 17.5. The van der Waals surface area contributed by atoms with Crippen molar-refractivity contribution in [1.29, 1.82) is 0 Å². The van der Waals surface area contributed by atoms with E-state index in [9.17, 15) is 18.0 Å². The summed E-state index contributed by atoms with van der Waals surface area (Å²) in [5.74, 6) is 0.801. The van der Waals surface area contributed by atoms with Crippen LogP contribution >= 0.6 is 0 Å². The van der Waals surface area contributed by atoms with Gasteiger partial charge in [0.2, 0.25) is 5.91 Å². The van der Waals surface area contributed by atoms with E-state index in [1.807, 2.05) is 6.92 Å². The van der Waals surface area contributed by atoms with Gasteiger partial charge in [0, 0.05) is 31.4 Å². The lowest BCUT2D eigenvalue weighted by Crippen LogP contribution is -2.32. The molecule has 2 aromatic rings. The largest absolute Gasteiger partial charge is 0.416 e. The average Bonchev–Trinajstić information content (AvgIpc) is 3.33. The van der Waals surface area contributed by atoms with Crippen LogP contribution in [0.15, 0.2) is 36.7 Å². The second-order valence-corrected chi connectivity index (χ2v) is 6.25. The Balaban J connectivity index is 1.80. The van der Waals surface area contributed by atoms with Gasteiger partial charge < -0.3 is 9.47 Å². The molecule has 134 valence electrons. The van der Waals surface area contributed by atoms with Gasteiger partial charge in [0.15, 0.2) is 0 Å². The lowest BCUT2D eigenvalue weighted by atomic mass is 10.1. The minimum atomic E-state index is -4.39. The third kappa shape index (κ3) is 4.03. The number of imidazole rings is 1. The highest BCUT2D eigenvalue weighted by molar-refractivity contribution is 5.80. The van der Waals surface area contributed by atoms with E-state index in [0.29, 0.717) is 18.9 Å². The van der Waals surface area contributed by atoms with Crippen LogP contribution < -0.4 is 0 Å². The minimum Gasteiger partial charge on any atom is -0.335 e. The summed E-state index contributed by atoms with van der Waals surface area (Å²) in [6, 6.07) is 5.53. The quantitative estimate of drug-likeness (QED) is 0.796. The number of nitrogens with zero attached hydrogens (tertiary/aromatic N) is 3. The van der Waals surface area contributed by atoms with Crippen LogP contribution in [0.1, 0.15) is 36.7 Å². The van der Waals surface area contributed by atoms with Gasteiger partial charge in [-0.1, -0.05) is 18.2 Å². The second kappa shape index (κ2) is 6.90. The lowest BCUT2D eigenvalue weighted by Gasteiger charge is -2.21. The van der Waals surface area contributed by atoms with Gasteiger partial charge in [0.25, 0.3) is 0 Å². The van der Waals surface area contributed by atoms with Crippen LogP contribution in [0.3, 0.4) is 0 Å². The molecule has 0 atom stereocenters. The molecule has 1 aliphatic carbocycles. The number of carbonyl (C=O) groups excluding carboxylic acids is 1. The molecule has 1 aromatic heterocycles. The van der Waals surface area contributed by atoms with Crippen LogP contribution in [0.5, 0.6) is 0 Å². The van der Waals surface area contributed by atoms with Crippen molar-refractivity contribution in [2.45, 2.75) is 39.0 Å². The first-order chi connectivity index (χ1) is 11.9. The van der Waals surface area contributed by atoms with Crippen molar-refractivity contribution < 1.29 is 18.0 Å². The van der Waals surface area contributed by atoms with E-state index >= 15 is 0 Å². The Kier molecular flexibility index (Phi) is 4.83. The molecule has 0 bridgehead atoms. The molecule has 0 saturated heterocycles. The van der Waals surface area contributed by atoms with Crippen molar-refractivity contribution in [2.75, 3.05) is 6.54 Å². The zero-order valence-electron chi connectivity index (χ0n) is 14.0. The molecule has 1 aliphatic rings. The van der Waals surface area contributed by atoms with E-state index in [1.165, 1.54) is 12.1 Å². The topological polar surface area (TPSA) is 38.1 Å². The summed E-state index contributed by atoms with van der Waals surface area (Å²) in [6.45, 7) is 2.83. The van der Waals surface area contributed by atoms with Gasteiger partial charge in [-0.05, 0) is 31.4 Å². The van der Waals surface area contributed by atoms with Crippen LogP contribution in [0, 0.1) is 5.92 Å². The predicted octanol–water partition coefficient (Wildman–Crippen LogP) is 3.71. The number of amides is 1. The molecule has 3 rings (SSSR count). The molecular weight excluding hydrogens is 331 g/mol. The maximum atomic E-state index is 13.2. The molecule has 0 unspecified atom stereocenters. The van der Waals surface area contributed by atoms with Crippen LogP contribution in [0.25, 0.3) is 0 Å². The highest BCUT2D eigenvalue weighted by Gasteiger charge is 2.34. The maximum Gasteiger partial charge on any atom is 0.416 e. The Hall–Kier alpha value is -2.31. The lowest BCUT2D eigenvalue weighted by molar-refractivity contribution is -0.138. The van der Waals surface area contributed by atoms with Crippen molar-refractivity contribution in [3.05, 3.63) is 53.6 Å². The van der Waals surface area contributed by atoms with Crippen molar-refractivity contribution in [1.82, 2.24) is 14.5 Å². The molecule has 1 fully saturated rings. The monoisotopic (exact) mass is 351 g/mol. The number of benzene rings is 1. The van der Waals surface area contributed by atoms with Crippen molar-refractivity contribution >= 4 is 5.91 Å². The number of halogens is 3. The summed E-state index contributed by atoms with van der Waals surface area (Å²) in [5.41, 5.74) is -0.457. The molecule has 0 spiro atoms. The van der Waals surface area contributed by atoms with Gasteiger partial charge in [0.05, 0.1) is 12.1 Å². The van der Waals surface area contributed by atoms with Gasteiger partial charge in [-0.2, -0.15) is 13.2 Å². The van der Waals surface area contributed by atoms with Crippen LogP contribution in [-0.2, 0) is 24.1 Å². The van der Waals surface area contributed by atoms with Crippen molar-refractivity contribution in [3.63, 3.8) is 0 Å². The number of rotatable bonds is 6. The number of hydrogen-bond donors (Lipinski definition) is 0. The highest BCUT2D eigenvalue weighted by Crippen LogP contribution is 2.33. The number of aromatic nitrogens is 2. The summed E-state index contributed by atoms with van der Waals surface area (Å²) in [4.78, 5) is 18.2. The summed E-state index contributed by atoms with van der Waals surface area (Å²) in [6.07, 6.45) is 0.652. The molecule has 1 heterocycles. The first-order valence-corrected chi connectivity index (χ1v) is 8.34. The SMILES string of the molecule is CCN(Cc1nccn1Cc1ccccc1C(F)(F)F)C(=O)C1CC1.